The highest BCUT2D eigenvalue weighted by Gasteiger charge is 2.15. The van der Waals surface area contributed by atoms with Crippen molar-refractivity contribution in [2.24, 2.45) is 0 Å². The second-order valence-corrected chi connectivity index (χ2v) is 7.79. The summed E-state index contributed by atoms with van der Waals surface area (Å²) in [6, 6.07) is 6.66. The van der Waals surface area contributed by atoms with Gasteiger partial charge in [0.25, 0.3) is 0 Å². The molecule has 0 amide bonds. The second kappa shape index (κ2) is 9.21. The number of benzene rings is 1. The van der Waals surface area contributed by atoms with Crippen LogP contribution in [-0.4, -0.2) is 16.0 Å². The third kappa shape index (κ3) is 5.10. The lowest BCUT2D eigenvalue weighted by atomic mass is 10.0. The summed E-state index contributed by atoms with van der Waals surface area (Å²) < 4.78 is 0.992. The minimum atomic E-state index is 0.363. The van der Waals surface area contributed by atoms with E-state index in [9.17, 15) is 0 Å². The number of rotatable bonds is 8. The number of nitrogens with two attached hydrogens (primary N) is 1. The smallest absolute Gasteiger partial charge is 0.159 e. The molecule has 1 aromatic carbocycles. The minimum Gasteiger partial charge on any atom is -0.393 e. The fraction of sp³-hybridized carbons (Fsp3) is 0.500. The van der Waals surface area contributed by atoms with Crippen LogP contribution in [0.5, 0.6) is 0 Å². The van der Waals surface area contributed by atoms with E-state index in [1.54, 1.807) is 0 Å². The van der Waals surface area contributed by atoms with E-state index in [0.717, 1.165) is 29.4 Å². The average molecular weight is 420 g/mol. The van der Waals surface area contributed by atoms with Gasteiger partial charge in [-0.05, 0) is 59.3 Å². The summed E-state index contributed by atoms with van der Waals surface area (Å²) in [6.07, 6.45) is 3.24. The van der Waals surface area contributed by atoms with E-state index in [2.05, 4.69) is 82.4 Å². The number of hydrogen-bond acceptors (Lipinski definition) is 5. The molecule has 0 aliphatic rings. The number of nitrogen functional groups attached to an aromatic ring is 1. The third-order valence-corrected chi connectivity index (χ3v) is 5.10. The van der Waals surface area contributed by atoms with Gasteiger partial charge in [-0.25, -0.2) is 9.97 Å². The van der Waals surface area contributed by atoms with Gasteiger partial charge in [-0.3, -0.25) is 0 Å². The molecule has 2 rings (SSSR count). The molecule has 0 saturated heterocycles. The lowest BCUT2D eigenvalue weighted by Gasteiger charge is -2.20. The Hall–Kier alpha value is -1.82. The molecule has 0 fully saturated rings. The molecule has 0 aliphatic heterocycles. The van der Waals surface area contributed by atoms with Crippen molar-refractivity contribution in [2.45, 2.75) is 65.8 Å². The Morgan fingerprint density at radius 3 is 2.42 bits per heavy atom. The first-order valence-electron chi connectivity index (χ1n) is 9.32. The van der Waals surface area contributed by atoms with E-state index in [1.165, 1.54) is 5.56 Å². The Morgan fingerprint density at radius 2 is 1.85 bits per heavy atom. The van der Waals surface area contributed by atoms with Gasteiger partial charge in [-0.15, -0.1) is 0 Å². The summed E-state index contributed by atoms with van der Waals surface area (Å²) in [6.45, 7) is 10.6. The number of halogens is 1. The number of aryl methyl sites for hydroxylation is 1. The lowest BCUT2D eigenvalue weighted by Crippen LogP contribution is -2.20. The standard InChI is InChI=1S/C20H30BrN5/c1-6-8-15(7-2)25-19-18(22)20(24-13(5)23-19)26-17-10-9-14(12(3)4)11-16(17)21/h9-12,15H,6-8,22H2,1-5H3,(H2,23,24,25,26). The van der Waals surface area contributed by atoms with Crippen molar-refractivity contribution in [2.75, 3.05) is 16.4 Å². The molecule has 0 bridgehead atoms. The number of aromatic nitrogens is 2. The fourth-order valence-electron chi connectivity index (χ4n) is 2.83. The van der Waals surface area contributed by atoms with Crippen LogP contribution in [0, 0.1) is 6.92 Å². The maximum absolute atomic E-state index is 6.36. The molecule has 1 aromatic heterocycles. The second-order valence-electron chi connectivity index (χ2n) is 6.94. The van der Waals surface area contributed by atoms with Gasteiger partial charge >= 0.3 is 0 Å². The number of hydrogen-bond donors (Lipinski definition) is 3. The van der Waals surface area contributed by atoms with Crippen molar-refractivity contribution in [1.82, 2.24) is 9.97 Å². The zero-order chi connectivity index (χ0) is 19.3. The fourth-order valence-corrected chi connectivity index (χ4v) is 3.32. The highest BCUT2D eigenvalue weighted by Crippen LogP contribution is 2.33. The van der Waals surface area contributed by atoms with Gasteiger partial charge in [0.1, 0.15) is 11.5 Å². The van der Waals surface area contributed by atoms with Gasteiger partial charge in [0.2, 0.25) is 0 Å². The zero-order valence-corrected chi connectivity index (χ0v) is 17.9. The predicted molar refractivity (Wildman–Crippen MR) is 115 cm³/mol. The molecule has 1 atom stereocenters. The maximum atomic E-state index is 6.36. The van der Waals surface area contributed by atoms with E-state index < -0.39 is 0 Å². The first kappa shape index (κ1) is 20.5. The Labute approximate surface area is 165 Å². The first-order chi connectivity index (χ1) is 12.3. The molecule has 0 aliphatic carbocycles. The van der Waals surface area contributed by atoms with Gasteiger partial charge in [-0.1, -0.05) is 40.2 Å². The molecule has 0 spiro atoms. The van der Waals surface area contributed by atoms with Crippen LogP contribution in [0.15, 0.2) is 22.7 Å². The zero-order valence-electron chi connectivity index (χ0n) is 16.4. The van der Waals surface area contributed by atoms with Gasteiger partial charge in [-0.2, -0.15) is 0 Å². The number of nitrogens with one attached hydrogen (secondary N) is 2. The van der Waals surface area contributed by atoms with Crippen LogP contribution in [0.1, 0.15) is 64.3 Å². The van der Waals surface area contributed by atoms with Crippen molar-refractivity contribution in [3.05, 3.63) is 34.1 Å². The summed E-state index contributed by atoms with van der Waals surface area (Å²) in [7, 11) is 0. The van der Waals surface area contributed by atoms with E-state index in [4.69, 9.17) is 5.73 Å². The molecule has 26 heavy (non-hydrogen) atoms. The van der Waals surface area contributed by atoms with Crippen molar-refractivity contribution in [3.63, 3.8) is 0 Å². The molecule has 5 nitrogen and oxygen atoms in total. The van der Waals surface area contributed by atoms with E-state index in [-0.39, 0.29) is 0 Å². The quantitative estimate of drug-likeness (QED) is 0.489. The van der Waals surface area contributed by atoms with E-state index in [1.807, 2.05) is 6.92 Å². The molecule has 0 saturated carbocycles. The average Bonchev–Trinajstić information content (AvgIpc) is 2.59. The number of anilines is 4. The van der Waals surface area contributed by atoms with Crippen LogP contribution in [0.2, 0.25) is 0 Å². The first-order valence-corrected chi connectivity index (χ1v) is 10.1. The topological polar surface area (TPSA) is 75.9 Å². The van der Waals surface area contributed by atoms with Gasteiger partial charge in [0.05, 0.1) is 5.69 Å². The van der Waals surface area contributed by atoms with E-state index >= 15 is 0 Å². The van der Waals surface area contributed by atoms with Crippen molar-refractivity contribution in [3.8, 4) is 0 Å². The predicted octanol–water partition coefficient (Wildman–Crippen LogP) is 5.99. The molecule has 1 unspecified atom stereocenters. The minimum absolute atomic E-state index is 0.363. The van der Waals surface area contributed by atoms with Gasteiger partial charge < -0.3 is 16.4 Å². The Morgan fingerprint density at radius 1 is 1.15 bits per heavy atom. The molecule has 2 aromatic rings. The maximum Gasteiger partial charge on any atom is 0.159 e. The Balaban J connectivity index is 2.30. The molecular formula is C20H30BrN5. The highest BCUT2D eigenvalue weighted by atomic mass is 79.9. The summed E-state index contributed by atoms with van der Waals surface area (Å²) in [5, 5.41) is 6.82. The van der Waals surface area contributed by atoms with Crippen LogP contribution in [0.4, 0.5) is 23.0 Å². The molecule has 6 heteroatoms. The SMILES string of the molecule is CCCC(CC)Nc1nc(C)nc(Nc2ccc(C(C)C)cc2Br)c1N. The van der Waals surface area contributed by atoms with Gasteiger partial charge in [0.15, 0.2) is 11.6 Å². The Bertz CT molecular complexity index is 745. The molecule has 142 valence electrons. The monoisotopic (exact) mass is 419 g/mol. The van der Waals surface area contributed by atoms with Crippen molar-refractivity contribution < 1.29 is 0 Å². The summed E-state index contributed by atoms with van der Waals surface area (Å²) in [5.74, 6) is 2.50. The van der Waals surface area contributed by atoms with Crippen LogP contribution in [-0.2, 0) is 0 Å². The van der Waals surface area contributed by atoms with Crippen LogP contribution >= 0.6 is 15.9 Å². The van der Waals surface area contributed by atoms with Crippen molar-refractivity contribution in [1.29, 1.82) is 0 Å². The lowest BCUT2D eigenvalue weighted by molar-refractivity contribution is 0.620. The highest BCUT2D eigenvalue weighted by molar-refractivity contribution is 9.10. The normalized spacial score (nSPS) is 12.3. The third-order valence-electron chi connectivity index (χ3n) is 4.44. The van der Waals surface area contributed by atoms with Crippen LogP contribution in [0.3, 0.4) is 0 Å². The Kier molecular flexibility index (Phi) is 7.26. The van der Waals surface area contributed by atoms with Gasteiger partial charge in [0, 0.05) is 10.5 Å². The molecule has 1 heterocycles. The summed E-state index contributed by atoms with van der Waals surface area (Å²) in [4.78, 5) is 9.00. The molecule has 4 N–H and O–H groups in total. The largest absolute Gasteiger partial charge is 0.393 e. The summed E-state index contributed by atoms with van der Waals surface area (Å²) >= 11 is 3.64. The van der Waals surface area contributed by atoms with Crippen molar-refractivity contribution >= 4 is 38.9 Å². The number of nitrogens with zero attached hydrogens (tertiary/aromatic N) is 2. The van der Waals surface area contributed by atoms with E-state index in [0.29, 0.717) is 35.1 Å². The van der Waals surface area contributed by atoms with Crippen LogP contribution < -0.4 is 16.4 Å². The van der Waals surface area contributed by atoms with Crippen LogP contribution in [0.25, 0.3) is 0 Å². The summed E-state index contributed by atoms with van der Waals surface area (Å²) in [5.41, 5.74) is 9.12. The molecular weight excluding hydrogens is 390 g/mol. The molecule has 0 radical (unpaired) electrons.